The van der Waals surface area contributed by atoms with Crippen LogP contribution < -0.4 is 13.8 Å². The van der Waals surface area contributed by atoms with Crippen LogP contribution in [0, 0.1) is 0 Å². The van der Waals surface area contributed by atoms with Gasteiger partial charge >= 0.3 is 5.97 Å². The van der Waals surface area contributed by atoms with E-state index in [-0.39, 0.29) is 29.3 Å². The van der Waals surface area contributed by atoms with Gasteiger partial charge in [-0.1, -0.05) is 24.3 Å². The molecule has 0 saturated carbocycles. The Labute approximate surface area is 186 Å². The summed E-state index contributed by atoms with van der Waals surface area (Å²) in [5.41, 5.74) is 0.0528. The highest BCUT2D eigenvalue weighted by Crippen LogP contribution is 2.25. The molecule has 0 aliphatic rings. The molecule has 0 aliphatic heterocycles. The lowest BCUT2D eigenvalue weighted by Gasteiger charge is -2.27. The van der Waals surface area contributed by atoms with Crippen molar-refractivity contribution in [1.82, 2.24) is 0 Å². The molecule has 32 heavy (non-hydrogen) atoms. The Morgan fingerprint density at radius 2 is 1.62 bits per heavy atom. The number of aromatic carboxylic acids is 1. The van der Waals surface area contributed by atoms with Gasteiger partial charge in [-0.2, -0.15) is 0 Å². The number of carbonyl (C=O) groups is 1. The van der Waals surface area contributed by atoms with Crippen molar-refractivity contribution in [1.29, 1.82) is 0 Å². The summed E-state index contributed by atoms with van der Waals surface area (Å²) in [4.78, 5) is 11.4. The zero-order valence-electron chi connectivity index (χ0n) is 17.3. The first-order valence-electron chi connectivity index (χ1n) is 9.67. The number of carboxylic acid groups (broad SMARTS) is 1. The average molecular weight is 458 g/mol. The summed E-state index contributed by atoms with van der Waals surface area (Å²) < 4.78 is 38.2. The number of nitrogens with zero attached hydrogens (tertiary/aromatic N) is 1. The number of aliphatic hydroxyl groups is 1. The lowest BCUT2D eigenvalue weighted by atomic mass is 10.2. The molecule has 0 radical (unpaired) electrons. The molecule has 3 aromatic rings. The Hall–Kier alpha value is -3.56. The normalized spacial score (nSPS) is 12.1. The van der Waals surface area contributed by atoms with Crippen LogP contribution in [0.1, 0.15) is 10.4 Å². The van der Waals surface area contributed by atoms with Crippen LogP contribution in [0.5, 0.6) is 11.5 Å². The van der Waals surface area contributed by atoms with Crippen LogP contribution in [0.15, 0.2) is 83.8 Å². The summed E-state index contributed by atoms with van der Waals surface area (Å²) in [5, 5.41) is 19.9. The number of sulfonamides is 1. The lowest BCUT2D eigenvalue weighted by molar-refractivity contribution is 0.0697. The lowest BCUT2D eigenvalue weighted by Crippen LogP contribution is -2.40. The van der Waals surface area contributed by atoms with E-state index in [1.54, 1.807) is 49.6 Å². The first-order chi connectivity index (χ1) is 15.3. The van der Waals surface area contributed by atoms with E-state index in [0.29, 0.717) is 11.5 Å². The van der Waals surface area contributed by atoms with Gasteiger partial charge in [0.1, 0.15) is 24.2 Å². The van der Waals surface area contributed by atoms with Crippen LogP contribution in [0.2, 0.25) is 0 Å². The van der Waals surface area contributed by atoms with Gasteiger partial charge in [0.2, 0.25) is 0 Å². The van der Waals surface area contributed by atoms with E-state index in [4.69, 9.17) is 9.47 Å². The maximum Gasteiger partial charge on any atom is 0.335 e. The fourth-order valence-corrected chi connectivity index (χ4v) is 4.48. The standard InChI is InChI=1S/C23H23NO7S/c1-30-20-10-12-21(13-11-20)31-16-19(25)15-24(18-7-5-6-17(14-18)23(26)27)32(28,29)22-8-3-2-4-9-22/h2-14,19,25H,15-16H2,1H3,(H,26,27)/t19-/m1/s1. The molecule has 0 unspecified atom stereocenters. The van der Waals surface area contributed by atoms with Crippen LogP contribution in [-0.4, -0.2) is 51.0 Å². The molecule has 8 nitrogen and oxygen atoms in total. The van der Waals surface area contributed by atoms with E-state index in [1.165, 1.54) is 36.4 Å². The molecule has 0 aromatic heterocycles. The molecule has 0 amide bonds. The predicted molar refractivity (Wildman–Crippen MR) is 119 cm³/mol. The predicted octanol–water partition coefficient (Wildman–Crippen LogP) is 3.03. The molecule has 168 valence electrons. The minimum Gasteiger partial charge on any atom is -0.497 e. The second-order valence-corrected chi connectivity index (χ2v) is 8.71. The quantitative estimate of drug-likeness (QED) is 0.481. The summed E-state index contributed by atoms with van der Waals surface area (Å²) in [6, 6.07) is 20.0. The first-order valence-corrected chi connectivity index (χ1v) is 11.1. The highest BCUT2D eigenvalue weighted by Gasteiger charge is 2.28. The van der Waals surface area contributed by atoms with Crippen LogP contribution in [0.25, 0.3) is 0 Å². The molecule has 9 heteroatoms. The molecule has 1 atom stereocenters. The Balaban J connectivity index is 1.85. The number of anilines is 1. The van der Waals surface area contributed by atoms with E-state index in [9.17, 15) is 23.4 Å². The molecular weight excluding hydrogens is 434 g/mol. The Kier molecular flexibility index (Phi) is 7.34. The maximum absolute atomic E-state index is 13.3. The van der Waals surface area contributed by atoms with Crippen LogP contribution in [0.4, 0.5) is 5.69 Å². The van der Waals surface area contributed by atoms with Gasteiger partial charge in [0.25, 0.3) is 10.0 Å². The number of aliphatic hydroxyl groups excluding tert-OH is 1. The Morgan fingerprint density at radius 3 is 2.25 bits per heavy atom. The van der Waals surface area contributed by atoms with E-state index in [1.807, 2.05) is 0 Å². The molecular formula is C23H23NO7S. The second kappa shape index (κ2) is 10.2. The van der Waals surface area contributed by atoms with Crippen molar-refractivity contribution in [3.63, 3.8) is 0 Å². The molecule has 3 rings (SSSR count). The number of methoxy groups -OCH3 is 1. The van der Waals surface area contributed by atoms with Crippen LogP contribution >= 0.6 is 0 Å². The summed E-state index contributed by atoms with van der Waals surface area (Å²) in [6.45, 7) is -0.512. The van der Waals surface area contributed by atoms with Crippen molar-refractivity contribution in [2.75, 3.05) is 24.6 Å². The van der Waals surface area contributed by atoms with Crippen molar-refractivity contribution < 1.29 is 32.9 Å². The highest BCUT2D eigenvalue weighted by molar-refractivity contribution is 7.92. The van der Waals surface area contributed by atoms with Crippen molar-refractivity contribution in [3.05, 3.63) is 84.4 Å². The molecule has 0 fully saturated rings. The summed E-state index contributed by atoms with van der Waals surface area (Å²) >= 11 is 0. The monoisotopic (exact) mass is 457 g/mol. The van der Waals surface area contributed by atoms with Gasteiger partial charge in [-0.3, -0.25) is 4.31 Å². The molecule has 0 spiro atoms. The van der Waals surface area contributed by atoms with Crippen molar-refractivity contribution in [2.24, 2.45) is 0 Å². The number of rotatable bonds is 10. The zero-order chi connectivity index (χ0) is 23.1. The number of ether oxygens (including phenoxy) is 2. The van der Waals surface area contributed by atoms with Gasteiger partial charge in [0.15, 0.2) is 0 Å². The molecule has 0 heterocycles. The molecule has 2 N–H and O–H groups in total. The van der Waals surface area contributed by atoms with E-state index in [0.717, 1.165) is 4.31 Å². The largest absolute Gasteiger partial charge is 0.497 e. The van der Waals surface area contributed by atoms with Crippen molar-refractivity contribution in [3.8, 4) is 11.5 Å². The fraction of sp³-hybridized carbons (Fsp3) is 0.174. The third-order valence-electron chi connectivity index (χ3n) is 4.59. The number of hydrogen-bond acceptors (Lipinski definition) is 6. The second-order valence-electron chi connectivity index (χ2n) is 6.85. The molecule has 0 aliphatic carbocycles. The van der Waals surface area contributed by atoms with Crippen LogP contribution in [0.3, 0.4) is 0 Å². The topological polar surface area (TPSA) is 113 Å². The smallest absolute Gasteiger partial charge is 0.335 e. The van der Waals surface area contributed by atoms with Gasteiger partial charge in [-0.15, -0.1) is 0 Å². The third-order valence-corrected chi connectivity index (χ3v) is 6.40. The van der Waals surface area contributed by atoms with E-state index in [2.05, 4.69) is 0 Å². The minimum atomic E-state index is -4.08. The number of carboxylic acids is 1. The fourth-order valence-electron chi connectivity index (χ4n) is 2.96. The van der Waals surface area contributed by atoms with E-state index >= 15 is 0 Å². The van der Waals surface area contributed by atoms with Crippen molar-refractivity contribution in [2.45, 2.75) is 11.0 Å². The molecule has 3 aromatic carbocycles. The maximum atomic E-state index is 13.3. The Bertz CT molecular complexity index is 1150. The zero-order valence-corrected chi connectivity index (χ0v) is 18.1. The minimum absolute atomic E-state index is 0.0176. The van der Waals surface area contributed by atoms with Gasteiger partial charge in [0.05, 0.1) is 29.8 Å². The number of hydrogen-bond donors (Lipinski definition) is 2. The van der Waals surface area contributed by atoms with Gasteiger partial charge in [-0.25, -0.2) is 13.2 Å². The van der Waals surface area contributed by atoms with E-state index < -0.39 is 22.1 Å². The summed E-state index contributed by atoms with van der Waals surface area (Å²) in [6.07, 6.45) is -1.19. The summed E-state index contributed by atoms with van der Waals surface area (Å²) in [5.74, 6) is -0.0566. The molecule has 0 bridgehead atoms. The van der Waals surface area contributed by atoms with Gasteiger partial charge in [0, 0.05) is 0 Å². The third kappa shape index (κ3) is 5.57. The summed E-state index contributed by atoms with van der Waals surface area (Å²) in [7, 11) is -2.53. The number of benzene rings is 3. The molecule has 0 saturated heterocycles. The van der Waals surface area contributed by atoms with Gasteiger partial charge in [-0.05, 0) is 54.6 Å². The SMILES string of the molecule is COc1ccc(OC[C@H](O)CN(c2cccc(C(=O)O)c2)S(=O)(=O)c2ccccc2)cc1. The van der Waals surface area contributed by atoms with Crippen molar-refractivity contribution >= 4 is 21.7 Å². The Morgan fingerprint density at radius 1 is 0.969 bits per heavy atom. The first kappa shape index (κ1) is 23.1. The average Bonchev–Trinajstić information content (AvgIpc) is 2.82. The van der Waals surface area contributed by atoms with Gasteiger partial charge < -0.3 is 19.7 Å². The van der Waals surface area contributed by atoms with Crippen LogP contribution in [-0.2, 0) is 10.0 Å². The highest BCUT2D eigenvalue weighted by atomic mass is 32.2.